The van der Waals surface area contributed by atoms with Crippen LogP contribution in [-0.2, 0) is 0 Å². The van der Waals surface area contributed by atoms with Crippen LogP contribution in [0.25, 0.3) is 122 Å². The van der Waals surface area contributed by atoms with E-state index < -0.39 is 0 Å². The second kappa shape index (κ2) is 12.2. The predicted molar refractivity (Wildman–Crippen MR) is 243 cm³/mol. The van der Waals surface area contributed by atoms with Crippen LogP contribution in [0.5, 0.6) is 0 Å². The smallest absolute Gasteiger partial charge is 0.235 e. The van der Waals surface area contributed by atoms with Crippen LogP contribution in [0.3, 0.4) is 0 Å². The van der Waals surface area contributed by atoms with Gasteiger partial charge in [-0.2, -0.15) is 0 Å². The Bertz CT molecular complexity index is 3720. The molecule has 0 aliphatic rings. The maximum absolute atomic E-state index is 6.64. The van der Waals surface area contributed by atoms with Gasteiger partial charge in [-0.1, -0.05) is 140 Å². The summed E-state index contributed by atoms with van der Waals surface area (Å²) in [7, 11) is 0. The van der Waals surface area contributed by atoms with Crippen LogP contribution in [0.4, 0.5) is 0 Å². The van der Waals surface area contributed by atoms with Crippen LogP contribution >= 0.6 is 0 Å². The van der Waals surface area contributed by atoms with Crippen molar-refractivity contribution in [3.8, 4) is 45.3 Å². The fourth-order valence-corrected chi connectivity index (χ4v) is 9.44. The van der Waals surface area contributed by atoms with Gasteiger partial charge in [0.1, 0.15) is 5.58 Å². The maximum atomic E-state index is 6.64. The van der Waals surface area contributed by atoms with E-state index in [-0.39, 0.29) is 0 Å². The molecule has 5 nitrogen and oxygen atoms in total. The third kappa shape index (κ3) is 4.73. The molecule has 0 saturated heterocycles. The van der Waals surface area contributed by atoms with Gasteiger partial charge in [0.25, 0.3) is 0 Å². The van der Waals surface area contributed by atoms with E-state index in [1.54, 1.807) is 0 Å². The number of nitrogens with zero attached hydrogens (tertiary/aromatic N) is 4. The van der Waals surface area contributed by atoms with Gasteiger partial charge in [0, 0.05) is 43.4 Å². The quantitative estimate of drug-likeness (QED) is 0.165. The lowest BCUT2D eigenvalue weighted by Gasteiger charge is -2.12. The summed E-state index contributed by atoms with van der Waals surface area (Å²) in [5, 5.41) is 9.50. The second-order valence-electron chi connectivity index (χ2n) is 15.4. The highest BCUT2D eigenvalue weighted by atomic mass is 16.3. The molecule has 59 heavy (non-hydrogen) atoms. The largest absolute Gasteiger partial charge is 0.454 e. The van der Waals surface area contributed by atoms with Crippen molar-refractivity contribution in [1.29, 1.82) is 0 Å². The fraction of sp³-hybridized carbons (Fsp3) is 0. The molecule has 4 aromatic heterocycles. The molecule has 0 aliphatic carbocycles. The molecule has 0 spiro atoms. The van der Waals surface area contributed by atoms with Gasteiger partial charge in [-0.25, -0.2) is 9.97 Å². The number of para-hydroxylation sites is 3. The Labute approximate surface area is 338 Å². The van der Waals surface area contributed by atoms with Gasteiger partial charge < -0.3 is 8.98 Å². The third-order valence-electron chi connectivity index (χ3n) is 12.1. The number of fused-ring (bicyclic) bond motifs is 6. The first-order valence-electron chi connectivity index (χ1n) is 20.0. The summed E-state index contributed by atoms with van der Waals surface area (Å²) in [6.45, 7) is 0. The molecule has 0 amide bonds. The van der Waals surface area contributed by atoms with E-state index in [9.17, 15) is 0 Å². The van der Waals surface area contributed by atoms with Crippen molar-refractivity contribution >= 4 is 76.3 Å². The van der Waals surface area contributed by atoms with E-state index in [1.165, 1.54) is 27.1 Å². The minimum atomic E-state index is 0.639. The van der Waals surface area contributed by atoms with Gasteiger partial charge in [-0.15, -0.1) is 0 Å². The Balaban J connectivity index is 1.05. The van der Waals surface area contributed by atoms with E-state index >= 15 is 0 Å². The van der Waals surface area contributed by atoms with Gasteiger partial charge in [-0.05, 0) is 76.5 Å². The van der Waals surface area contributed by atoms with E-state index in [4.69, 9.17) is 14.4 Å². The lowest BCUT2D eigenvalue weighted by molar-refractivity contribution is 0.666. The summed E-state index contributed by atoms with van der Waals surface area (Å²) in [5.41, 5.74) is 13.4. The summed E-state index contributed by atoms with van der Waals surface area (Å²) < 4.78 is 11.3. The molecule has 0 atom stereocenters. The van der Waals surface area contributed by atoms with Crippen molar-refractivity contribution in [3.05, 3.63) is 194 Å². The molecular weight excluding hydrogens is 721 g/mol. The van der Waals surface area contributed by atoms with Crippen molar-refractivity contribution in [2.24, 2.45) is 0 Å². The molecule has 0 saturated carbocycles. The highest BCUT2D eigenvalue weighted by Gasteiger charge is 2.22. The molecule has 13 rings (SSSR count). The van der Waals surface area contributed by atoms with Crippen molar-refractivity contribution in [2.75, 3.05) is 0 Å². The lowest BCUT2D eigenvalue weighted by Crippen LogP contribution is -2.03. The zero-order valence-corrected chi connectivity index (χ0v) is 31.7. The number of furan rings is 1. The molecule has 274 valence electrons. The molecule has 0 bridgehead atoms. The van der Waals surface area contributed by atoms with Crippen molar-refractivity contribution in [3.63, 3.8) is 0 Å². The zero-order chi connectivity index (χ0) is 38.6. The molecule has 0 fully saturated rings. The highest BCUT2D eigenvalue weighted by Crippen LogP contribution is 2.44. The summed E-state index contributed by atoms with van der Waals surface area (Å²) in [5.74, 6) is 0.639. The predicted octanol–water partition coefficient (Wildman–Crippen LogP) is 14.2. The van der Waals surface area contributed by atoms with Gasteiger partial charge in [0.2, 0.25) is 5.95 Å². The Kier molecular flexibility index (Phi) is 6.66. The van der Waals surface area contributed by atoms with Crippen molar-refractivity contribution in [2.45, 2.75) is 0 Å². The van der Waals surface area contributed by atoms with E-state index in [0.29, 0.717) is 5.95 Å². The molecule has 0 radical (unpaired) electrons. The Morgan fingerprint density at radius 3 is 1.81 bits per heavy atom. The van der Waals surface area contributed by atoms with Crippen LogP contribution in [0.1, 0.15) is 0 Å². The summed E-state index contributed by atoms with van der Waals surface area (Å²) >= 11 is 0. The van der Waals surface area contributed by atoms with Crippen molar-refractivity contribution in [1.82, 2.24) is 19.1 Å². The summed E-state index contributed by atoms with van der Waals surface area (Å²) in [6, 6.07) is 68.9. The molecule has 0 aliphatic heterocycles. The highest BCUT2D eigenvalue weighted by molar-refractivity contribution is 6.25. The minimum absolute atomic E-state index is 0.639. The maximum Gasteiger partial charge on any atom is 0.235 e. The number of benzene rings is 9. The Hall–Kier alpha value is -8.02. The lowest BCUT2D eigenvalue weighted by atomic mass is 9.96. The molecule has 5 heteroatoms. The SMILES string of the molecule is c1ccc(-c2cc(-c3ccccc3)nc(-n3c4ccccc4c4cc(-c5cc6ccc7cccc8c7c6c(c5)n8-c5cccc6c5oc5ccccc56)ccc43)n2)cc1. The van der Waals surface area contributed by atoms with Crippen LogP contribution in [0.15, 0.2) is 199 Å². The molecule has 4 heterocycles. The monoisotopic (exact) mass is 752 g/mol. The number of hydrogen-bond acceptors (Lipinski definition) is 3. The van der Waals surface area contributed by atoms with Crippen LogP contribution in [-0.4, -0.2) is 19.1 Å². The second-order valence-corrected chi connectivity index (χ2v) is 15.4. The van der Waals surface area contributed by atoms with E-state index in [1.807, 2.05) is 18.2 Å². The average molecular weight is 753 g/mol. The Morgan fingerprint density at radius 2 is 1.00 bits per heavy atom. The first-order valence-corrected chi connectivity index (χ1v) is 20.0. The molecule has 0 N–H and O–H groups in total. The topological polar surface area (TPSA) is 48.8 Å². The molecule has 13 aromatic rings. The standard InChI is InChI=1S/C54H32N4O/c1-3-13-33(14-4-1)43-32-44(34-15-5-2-6-16-34)56-54(55-43)58-45-21-9-7-18-39(45)42-30-36(27-28-46(42)58)38-29-37-26-25-35-17-11-22-47-51(35)52(37)49(31-38)57(47)48-23-12-20-41-40-19-8-10-24-50(40)59-53(41)48/h1-32H. The summed E-state index contributed by atoms with van der Waals surface area (Å²) in [6.07, 6.45) is 0. The van der Waals surface area contributed by atoms with Gasteiger partial charge in [-0.3, -0.25) is 4.57 Å². The fourth-order valence-electron chi connectivity index (χ4n) is 9.44. The van der Waals surface area contributed by atoms with E-state index in [2.05, 4.69) is 185 Å². The van der Waals surface area contributed by atoms with Gasteiger partial charge in [0.05, 0.1) is 39.1 Å². The normalized spacial score (nSPS) is 12.1. The van der Waals surface area contributed by atoms with Crippen LogP contribution in [0, 0.1) is 0 Å². The number of aromatic nitrogens is 4. The summed E-state index contributed by atoms with van der Waals surface area (Å²) in [4.78, 5) is 10.5. The van der Waals surface area contributed by atoms with Crippen LogP contribution < -0.4 is 0 Å². The minimum Gasteiger partial charge on any atom is -0.454 e. The number of hydrogen-bond donors (Lipinski definition) is 0. The molecular formula is C54H32N4O. The average Bonchev–Trinajstić information content (AvgIpc) is 3.97. The Morgan fingerprint density at radius 1 is 0.356 bits per heavy atom. The van der Waals surface area contributed by atoms with E-state index in [0.717, 1.165) is 88.6 Å². The molecule has 0 unspecified atom stereocenters. The zero-order valence-electron chi connectivity index (χ0n) is 31.7. The van der Waals surface area contributed by atoms with Crippen molar-refractivity contribution < 1.29 is 4.42 Å². The number of rotatable bonds is 5. The van der Waals surface area contributed by atoms with Gasteiger partial charge >= 0.3 is 0 Å². The first-order chi connectivity index (χ1) is 29.2. The first kappa shape index (κ1) is 32.1. The molecule has 9 aromatic carbocycles. The third-order valence-corrected chi connectivity index (χ3v) is 12.1. The van der Waals surface area contributed by atoms with Gasteiger partial charge in [0.15, 0.2) is 5.58 Å². The van der Waals surface area contributed by atoms with Crippen LogP contribution in [0.2, 0.25) is 0 Å².